The Bertz CT molecular complexity index is 274. The van der Waals surface area contributed by atoms with Crippen molar-refractivity contribution in [3.63, 3.8) is 0 Å². The second kappa shape index (κ2) is 5.63. The monoisotopic (exact) mass is 217 g/mol. The van der Waals surface area contributed by atoms with E-state index in [0.717, 1.165) is 11.5 Å². The van der Waals surface area contributed by atoms with Crippen LogP contribution in [0.1, 0.15) is 9.67 Å². The van der Waals surface area contributed by atoms with Crippen molar-refractivity contribution in [2.45, 2.75) is 6.29 Å². The third kappa shape index (κ3) is 3.02. The maximum Gasteiger partial charge on any atom is 0.264 e. The number of hydrogen-bond donors (Lipinski definition) is 1. The fraction of sp³-hybridized carbons (Fsp3) is 0.571. The van der Waals surface area contributed by atoms with Crippen LogP contribution in [0.25, 0.3) is 0 Å². The Hall–Kier alpha value is -1.05. The van der Waals surface area contributed by atoms with Crippen molar-refractivity contribution >= 4 is 17.4 Å². The second-order valence-electron chi connectivity index (χ2n) is 2.39. The van der Waals surface area contributed by atoms with E-state index in [0.29, 0.717) is 11.4 Å². The Labute approximate surface area is 85.4 Å². The maximum atomic E-state index is 11.4. The van der Waals surface area contributed by atoms with Gasteiger partial charge in [0, 0.05) is 14.2 Å². The number of hydrogen-bond acceptors (Lipinski definition) is 6. The summed E-state index contributed by atoms with van der Waals surface area (Å²) >= 11 is 1.04. The third-order valence-corrected chi connectivity index (χ3v) is 2.20. The smallest absolute Gasteiger partial charge is 0.264 e. The van der Waals surface area contributed by atoms with E-state index in [1.54, 1.807) is 0 Å². The Kier molecular flexibility index (Phi) is 4.44. The van der Waals surface area contributed by atoms with Crippen LogP contribution in [0, 0.1) is 0 Å². The topological polar surface area (TPSA) is 73.3 Å². The molecule has 0 aliphatic heterocycles. The highest BCUT2D eigenvalue weighted by Crippen LogP contribution is 2.01. The zero-order chi connectivity index (χ0) is 10.4. The van der Waals surface area contributed by atoms with Gasteiger partial charge in [-0.25, -0.2) is 0 Å². The van der Waals surface area contributed by atoms with E-state index in [4.69, 9.17) is 9.47 Å². The summed E-state index contributed by atoms with van der Waals surface area (Å²) < 4.78 is 13.4. The van der Waals surface area contributed by atoms with Crippen LogP contribution in [0.15, 0.2) is 6.20 Å². The zero-order valence-electron chi connectivity index (χ0n) is 7.89. The number of aromatic nitrogens is 2. The van der Waals surface area contributed by atoms with Crippen molar-refractivity contribution in [1.82, 2.24) is 14.9 Å². The molecule has 1 amide bonds. The fourth-order valence-electron chi connectivity index (χ4n) is 0.793. The first-order chi connectivity index (χ1) is 6.77. The average Bonchev–Trinajstić information content (AvgIpc) is 2.72. The molecule has 1 heterocycles. The summed E-state index contributed by atoms with van der Waals surface area (Å²) in [5.74, 6) is -0.223. The summed E-state index contributed by atoms with van der Waals surface area (Å²) in [5, 5.41) is 6.18. The number of nitrogens with one attached hydrogen (secondary N) is 1. The summed E-state index contributed by atoms with van der Waals surface area (Å²) in [7, 11) is 3.02. The fourth-order valence-corrected chi connectivity index (χ4v) is 1.22. The van der Waals surface area contributed by atoms with Gasteiger partial charge in [0.2, 0.25) is 0 Å². The van der Waals surface area contributed by atoms with Crippen LogP contribution < -0.4 is 5.32 Å². The number of carbonyl (C=O) groups excluding carboxylic acids is 1. The van der Waals surface area contributed by atoms with Gasteiger partial charge in [-0.15, -0.1) is 5.10 Å². The first-order valence-corrected chi connectivity index (χ1v) is 4.66. The number of carbonyl (C=O) groups is 1. The van der Waals surface area contributed by atoms with Gasteiger partial charge in [-0.3, -0.25) is 4.79 Å². The Morgan fingerprint density at radius 3 is 2.86 bits per heavy atom. The Balaban J connectivity index is 2.35. The highest BCUT2D eigenvalue weighted by atomic mass is 32.1. The van der Waals surface area contributed by atoms with Gasteiger partial charge in [0.15, 0.2) is 6.29 Å². The van der Waals surface area contributed by atoms with Crippen molar-refractivity contribution in [1.29, 1.82) is 0 Å². The standard InChI is InChI=1S/C7H11N3O3S/c1-12-6(13-2)4-8-7(11)5-3-9-10-14-5/h3,6H,4H2,1-2H3,(H,8,11). The zero-order valence-corrected chi connectivity index (χ0v) is 8.71. The second-order valence-corrected chi connectivity index (χ2v) is 3.18. The van der Waals surface area contributed by atoms with E-state index in [2.05, 4.69) is 14.9 Å². The normalized spacial score (nSPS) is 10.5. The molecule has 0 atom stereocenters. The SMILES string of the molecule is COC(CNC(=O)c1cnns1)OC. The van der Waals surface area contributed by atoms with Crippen LogP contribution in [0.4, 0.5) is 0 Å². The molecule has 0 bridgehead atoms. The molecule has 0 aliphatic carbocycles. The van der Waals surface area contributed by atoms with Crippen molar-refractivity contribution in [3.05, 3.63) is 11.1 Å². The minimum absolute atomic E-state index is 0.223. The van der Waals surface area contributed by atoms with Gasteiger partial charge in [0.1, 0.15) is 4.88 Å². The quantitative estimate of drug-likeness (QED) is 0.696. The lowest BCUT2D eigenvalue weighted by Gasteiger charge is -2.13. The molecule has 1 N–H and O–H groups in total. The molecule has 1 rings (SSSR count). The van der Waals surface area contributed by atoms with Gasteiger partial charge in [0.05, 0.1) is 12.7 Å². The van der Waals surface area contributed by atoms with Gasteiger partial charge in [0.25, 0.3) is 5.91 Å². The molecule has 0 spiro atoms. The molecule has 78 valence electrons. The predicted molar refractivity (Wildman–Crippen MR) is 50.0 cm³/mol. The number of rotatable bonds is 5. The van der Waals surface area contributed by atoms with Crippen molar-refractivity contribution < 1.29 is 14.3 Å². The minimum Gasteiger partial charge on any atom is -0.354 e. The number of methoxy groups -OCH3 is 2. The van der Waals surface area contributed by atoms with E-state index in [1.807, 2.05) is 0 Å². The molecule has 0 saturated heterocycles. The molecular weight excluding hydrogens is 206 g/mol. The predicted octanol–water partition coefficient (Wildman–Crippen LogP) is -0.113. The first kappa shape index (κ1) is 11.0. The summed E-state index contributed by atoms with van der Waals surface area (Å²) in [6.07, 6.45) is 0.981. The van der Waals surface area contributed by atoms with Gasteiger partial charge in [-0.05, 0) is 11.5 Å². The maximum absolute atomic E-state index is 11.4. The summed E-state index contributed by atoms with van der Waals surface area (Å²) in [4.78, 5) is 11.8. The van der Waals surface area contributed by atoms with Gasteiger partial charge < -0.3 is 14.8 Å². The van der Waals surface area contributed by atoms with Gasteiger partial charge in [-0.2, -0.15) is 0 Å². The van der Waals surface area contributed by atoms with Crippen LogP contribution in [0.5, 0.6) is 0 Å². The highest BCUT2D eigenvalue weighted by Gasteiger charge is 2.11. The molecule has 1 aromatic heterocycles. The van der Waals surface area contributed by atoms with Gasteiger partial charge in [-0.1, -0.05) is 4.49 Å². The van der Waals surface area contributed by atoms with Crippen molar-refractivity contribution in [2.75, 3.05) is 20.8 Å². The molecule has 0 unspecified atom stereocenters. The molecule has 14 heavy (non-hydrogen) atoms. The molecule has 0 aromatic carbocycles. The first-order valence-electron chi connectivity index (χ1n) is 3.89. The van der Waals surface area contributed by atoms with E-state index in [9.17, 15) is 4.79 Å². The van der Waals surface area contributed by atoms with Crippen LogP contribution in [-0.2, 0) is 9.47 Å². The third-order valence-electron chi connectivity index (χ3n) is 1.54. The van der Waals surface area contributed by atoms with Crippen LogP contribution in [0.2, 0.25) is 0 Å². The van der Waals surface area contributed by atoms with E-state index in [-0.39, 0.29) is 5.91 Å². The Morgan fingerprint density at radius 1 is 1.64 bits per heavy atom. The lowest BCUT2D eigenvalue weighted by atomic mass is 10.5. The van der Waals surface area contributed by atoms with Crippen molar-refractivity contribution in [3.8, 4) is 0 Å². The highest BCUT2D eigenvalue weighted by molar-refractivity contribution is 7.07. The molecule has 6 nitrogen and oxygen atoms in total. The minimum atomic E-state index is -0.431. The summed E-state index contributed by atoms with van der Waals surface area (Å²) in [6.45, 7) is 0.295. The molecule has 0 radical (unpaired) electrons. The van der Waals surface area contributed by atoms with E-state index >= 15 is 0 Å². The largest absolute Gasteiger partial charge is 0.354 e. The van der Waals surface area contributed by atoms with E-state index in [1.165, 1.54) is 20.4 Å². The molecular formula is C7H11N3O3S. The Morgan fingerprint density at radius 2 is 2.36 bits per heavy atom. The number of nitrogens with zero attached hydrogens (tertiary/aromatic N) is 2. The molecule has 0 aliphatic rings. The number of ether oxygens (including phenoxy) is 2. The van der Waals surface area contributed by atoms with Crippen LogP contribution in [0.3, 0.4) is 0 Å². The number of amides is 1. The summed E-state index contributed by atoms with van der Waals surface area (Å²) in [6, 6.07) is 0. The lowest BCUT2D eigenvalue weighted by molar-refractivity contribution is -0.0974. The van der Waals surface area contributed by atoms with Crippen LogP contribution in [-0.4, -0.2) is 42.5 Å². The summed E-state index contributed by atoms with van der Waals surface area (Å²) in [5.41, 5.74) is 0. The van der Waals surface area contributed by atoms with Crippen LogP contribution >= 0.6 is 11.5 Å². The average molecular weight is 217 g/mol. The van der Waals surface area contributed by atoms with Gasteiger partial charge >= 0.3 is 0 Å². The molecule has 0 saturated carbocycles. The molecule has 0 fully saturated rings. The van der Waals surface area contributed by atoms with Crippen molar-refractivity contribution in [2.24, 2.45) is 0 Å². The van der Waals surface area contributed by atoms with E-state index < -0.39 is 6.29 Å². The molecule has 1 aromatic rings. The lowest BCUT2D eigenvalue weighted by Crippen LogP contribution is -2.33. The molecule has 7 heteroatoms.